The predicted octanol–water partition coefficient (Wildman–Crippen LogP) is 3.34. The molecule has 20 heavy (non-hydrogen) atoms. The molecule has 1 aromatic carbocycles. The molecule has 3 rings (SSSR count). The molecule has 1 aliphatic heterocycles. The molecule has 0 spiro atoms. The van der Waals surface area contributed by atoms with Gasteiger partial charge in [0.15, 0.2) is 0 Å². The Morgan fingerprint density at radius 2 is 1.70 bits per heavy atom. The fourth-order valence-corrected chi connectivity index (χ4v) is 5.37. The van der Waals surface area contributed by atoms with Crippen molar-refractivity contribution < 1.29 is 8.42 Å². The first-order valence-corrected chi connectivity index (χ1v) is 8.98. The average molecular weight is 293 g/mol. The van der Waals surface area contributed by atoms with E-state index in [9.17, 15) is 8.42 Å². The van der Waals surface area contributed by atoms with Crippen molar-refractivity contribution in [2.45, 2.75) is 56.4 Å². The molecular weight excluding hydrogens is 270 g/mol. The summed E-state index contributed by atoms with van der Waals surface area (Å²) in [5.74, 6) is 0.538. The molecule has 0 bridgehead atoms. The molecule has 3 nitrogen and oxygen atoms in total. The van der Waals surface area contributed by atoms with Crippen LogP contribution in [0.3, 0.4) is 0 Å². The van der Waals surface area contributed by atoms with Gasteiger partial charge in [0.25, 0.3) is 0 Å². The molecule has 2 fully saturated rings. The highest BCUT2D eigenvalue weighted by Gasteiger charge is 2.59. The van der Waals surface area contributed by atoms with Crippen LogP contribution in [0.2, 0.25) is 0 Å². The lowest BCUT2D eigenvalue weighted by Gasteiger charge is -2.28. The average Bonchev–Trinajstić information content (AvgIpc) is 3.15. The number of hydrogen-bond donors (Lipinski definition) is 0. The number of hydrogen-bond acceptors (Lipinski definition) is 2. The van der Waals surface area contributed by atoms with E-state index in [-0.39, 0.29) is 5.54 Å². The van der Waals surface area contributed by atoms with E-state index < -0.39 is 10.0 Å². The quantitative estimate of drug-likeness (QED) is 0.802. The molecule has 1 saturated carbocycles. The summed E-state index contributed by atoms with van der Waals surface area (Å²) in [5.41, 5.74) is 0.953. The van der Waals surface area contributed by atoms with Gasteiger partial charge in [-0.25, -0.2) is 8.42 Å². The van der Waals surface area contributed by atoms with Crippen molar-refractivity contribution in [2.75, 3.05) is 6.54 Å². The zero-order valence-electron chi connectivity index (χ0n) is 12.3. The summed E-state index contributed by atoms with van der Waals surface area (Å²) < 4.78 is 27.1. The van der Waals surface area contributed by atoms with Crippen LogP contribution in [0.5, 0.6) is 0 Å². The number of nitrogens with zero attached hydrogens (tertiary/aromatic N) is 1. The fourth-order valence-electron chi connectivity index (χ4n) is 3.51. The Morgan fingerprint density at radius 3 is 2.30 bits per heavy atom. The minimum atomic E-state index is -3.31. The van der Waals surface area contributed by atoms with E-state index in [0.29, 0.717) is 17.4 Å². The maximum absolute atomic E-state index is 12.7. The third-order valence-corrected chi connectivity index (χ3v) is 7.02. The minimum absolute atomic E-state index is 0.135. The summed E-state index contributed by atoms with van der Waals surface area (Å²) in [5, 5.41) is 0. The van der Waals surface area contributed by atoms with Crippen LogP contribution in [-0.4, -0.2) is 24.8 Å². The third kappa shape index (κ3) is 2.29. The monoisotopic (exact) mass is 293 g/mol. The Morgan fingerprint density at radius 1 is 1.10 bits per heavy atom. The maximum Gasteiger partial charge on any atom is 0.243 e. The first kappa shape index (κ1) is 14.1. The van der Waals surface area contributed by atoms with Crippen LogP contribution in [0.15, 0.2) is 29.2 Å². The molecule has 0 radical (unpaired) electrons. The normalized spacial score (nSPS) is 31.2. The minimum Gasteiger partial charge on any atom is -0.207 e. The molecular formula is C16H23NO2S. The third-order valence-electron chi connectivity index (χ3n) is 5.02. The van der Waals surface area contributed by atoms with Crippen molar-refractivity contribution in [1.82, 2.24) is 4.31 Å². The second kappa shape index (κ2) is 4.85. The highest BCUT2D eigenvalue weighted by molar-refractivity contribution is 7.89. The van der Waals surface area contributed by atoms with Gasteiger partial charge in [0.2, 0.25) is 10.0 Å². The van der Waals surface area contributed by atoms with Crippen LogP contribution in [0.1, 0.15) is 44.6 Å². The molecule has 0 amide bonds. The maximum atomic E-state index is 12.7. The topological polar surface area (TPSA) is 37.1 Å². The van der Waals surface area contributed by atoms with Crippen LogP contribution in [0, 0.1) is 12.8 Å². The van der Waals surface area contributed by atoms with Gasteiger partial charge in [0, 0.05) is 6.54 Å². The van der Waals surface area contributed by atoms with Crippen molar-refractivity contribution in [2.24, 2.45) is 5.92 Å². The largest absolute Gasteiger partial charge is 0.243 e. The molecule has 110 valence electrons. The van der Waals surface area contributed by atoms with Crippen LogP contribution >= 0.6 is 0 Å². The van der Waals surface area contributed by atoms with Gasteiger partial charge in [-0.15, -0.1) is 0 Å². The van der Waals surface area contributed by atoms with Crippen molar-refractivity contribution in [3.05, 3.63) is 29.8 Å². The Balaban J connectivity index is 1.81. The van der Waals surface area contributed by atoms with E-state index in [0.717, 1.165) is 5.56 Å². The fraction of sp³-hybridized carbons (Fsp3) is 0.625. The number of sulfonamides is 1. The molecule has 2 aliphatic rings. The van der Waals surface area contributed by atoms with Crippen LogP contribution < -0.4 is 0 Å². The van der Waals surface area contributed by atoms with Gasteiger partial charge in [-0.1, -0.05) is 37.0 Å². The molecule has 2 unspecified atom stereocenters. The van der Waals surface area contributed by atoms with Crippen molar-refractivity contribution >= 4 is 10.0 Å². The van der Waals surface area contributed by atoms with Gasteiger partial charge in [-0.3, -0.25) is 0 Å². The van der Waals surface area contributed by atoms with Gasteiger partial charge in [0.1, 0.15) is 0 Å². The zero-order valence-corrected chi connectivity index (χ0v) is 13.1. The standard InChI is InChI=1S/C16H23NO2S/c1-13-8-10-15(11-9-13)20(18,19)17-12-16(17,2)14-6-4-3-5-7-14/h8-11,14H,3-7,12H2,1-2H3. The van der Waals surface area contributed by atoms with E-state index >= 15 is 0 Å². The highest BCUT2D eigenvalue weighted by atomic mass is 32.2. The zero-order chi connectivity index (χ0) is 14.4. The van der Waals surface area contributed by atoms with Crippen molar-refractivity contribution in [1.29, 1.82) is 0 Å². The lowest BCUT2D eigenvalue weighted by Crippen LogP contribution is -2.30. The molecule has 4 heteroatoms. The Bertz CT molecular complexity index is 587. The van der Waals surface area contributed by atoms with E-state index in [1.165, 1.54) is 32.1 Å². The van der Waals surface area contributed by atoms with Crippen LogP contribution in [-0.2, 0) is 10.0 Å². The van der Waals surface area contributed by atoms with E-state index in [1.54, 1.807) is 16.4 Å². The van der Waals surface area contributed by atoms with Gasteiger partial charge in [-0.05, 0) is 44.7 Å². The van der Waals surface area contributed by atoms with Gasteiger partial charge >= 0.3 is 0 Å². The molecule has 2 atom stereocenters. The van der Waals surface area contributed by atoms with Gasteiger partial charge < -0.3 is 0 Å². The van der Waals surface area contributed by atoms with Crippen molar-refractivity contribution in [3.63, 3.8) is 0 Å². The Labute approximate surface area is 122 Å². The Kier molecular flexibility index (Phi) is 3.41. The lowest BCUT2D eigenvalue weighted by atomic mass is 9.80. The molecule has 0 N–H and O–H groups in total. The first-order chi connectivity index (χ1) is 9.44. The van der Waals surface area contributed by atoms with Crippen LogP contribution in [0.25, 0.3) is 0 Å². The molecule has 1 aliphatic carbocycles. The summed E-state index contributed by atoms with van der Waals surface area (Å²) in [4.78, 5) is 0.433. The highest BCUT2D eigenvalue weighted by Crippen LogP contribution is 2.48. The smallest absolute Gasteiger partial charge is 0.207 e. The number of rotatable bonds is 3. The summed E-state index contributed by atoms with van der Waals surface area (Å²) in [6, 6.07) is 7.19. The Hall–Kier alpha value is -0.870. The SMILES string of the molecule is Cc1ccc(S(=O)(=O)N2CC2(C)C2CCCCC2)cc1. The molecule has 1 saturated heterocycles. The van der Waals surface area contributed by atoms with Crippen molar-refractivity contribution in [3.8, 4) is 0 Å². The summed E-state index contributed by atoms with van der Waals surface area (Å²) >= 11 is 0. The van der Waals surface area contributed by atoms with E-state index in [4.69, 9.17) is 0 Å². The van der Waals surface area contributed by atoms with Crippen LogP contribution in [0.4, 0.5) is 0 Å². The van der Waals surface area contributed by atoms with Gasteiger partial charge in [-0.2, -0.15) is 4.31 Å². The molecule has 1 heterocycles. The first-order valence-electron chi connectivity index (χ1n) is 7.54. The van der Waals surface area contributed by atoms with E-state index in [2.05, 4.69) is 6.92 Å². The lowest BCUT2D eigenvalue weighted by molar-refractivity contribution is 0.273. The second-order valence-electron chi connectivity index (χ2n) is 6.52. The second-order valence-corrected chi connectivity index (χ2v) is 8.38. The molecule has 1 aromatic rings. The summed E-state index contributed by atoms with van der Waals surface area (Å²) in [6.07, 6.45) is 6.15. The predicted molar refractivity (Wildman–Crippen MR) is 80.1 cm³/mol. The summed E-state index contributed by atoms with van der Waals surface area (Å²) in [6.45, 7) is 4.78. The number of benzene rings is 1. The molecule has 0 aromatic heterocycles. The van der Waals surface area contributed by atoms with E-state index in [1.807, 2.05) is 19.1 Å². The van der Waals surface area contributed by atoms with Gasteiger partial charge in [0.05, 0.1) is 10.4 Å². The number of aryl methyl sites for hydroxylation is 1. The summed E-state index contributed by atoms with van der Waals surface area (Å²) in [7, 11) is -3.31.